The third-order valence-electron chi connectivity index (χ3n) is 7.13. The topological polar surface area (TPSA) is 106 Å². The van der Waals surface area contributed by atoms with Gasteiger partial charge in [-0.3, -0.25) is 14.7 Å². The van der Waals surface area contributed by atoms with E-state index in [1.54, 1.807) is 37.4 Å². The summed E-state index contributed by atoms with van der Waals surface area (Å²) in [5, 5.41) is 19.2. The molecule has 1 saturated heterocycles. The second kappa shape index (κ2) is 10.3. The van der Waals surface area contributed by atoms with Gasteiger partial charge in [0.2, 0.25) is 5.52 Å². The SMILES string of the molecule is [C-]#[N+]c1ccc2c(n1)c(N1CCN(C(c3ccc(F)cc3)c3ccc(C#N)cn3)[C@H](C)C1)c(C#N)c(=O)n2C. The van der Waals surface area contributed by atoms with Gasteiger partial charge in [0.1, 0.15) is 29.2 Å². The summed E-state index contributed by atoms with van der Waals surface area (Å²) < 4.78 is 15.2. The third kappa shape index (κ3) is 4.57. The van der Waals surface area contributed by atoms with Gasteiger partial charge in [0.15, 0.2) is 0 Å². The van der Waals surface area contributed by atoms with Gasteiger partial charge in [0, 0.05) is 38.9 Å². The van der Waals surface area contributed by atoms with Gasteiger partial charge in [-0.2, -0.15) is 10.5 Å². The summed E-state index contributed by atoms with van der Waals surface area (Å²) in [6.07, 6.45) is 1.53. The lowest BCUT2D eigenvalue weighted by Crippen LogP contribution is -2.53. The van der Waals surface area contributed by atoms with Crippen molar-refractivity contribution in [1.82, 2.24) is 19.4 Å². The number of anilines is 1. The Morgan fingerprint density at radius 3 is 2.49 bits per heavy atom. The summed E-state index contributed by atoms with van der Waals surface area (Å²) in [5.74, 6) is -0.155. The molecule has 4 heterocycles. The summed E-state index contributed by atoms with van der Waals surface area (Å²) in [6.45, 7) is 10.9. The van der Waals surface area contributed by atoms with Gasteiger partial charge in [0.05, 0.1) is 22.8 Å². The van der Waals surface area contributed by atoms with Crippen molar-refractivity contribution in [3.05, 3.63) is 105 Å². The summed E-state index contributed by atoms with van der Waals surface area (Å²) in [5.41, 5.74) is 3.01. The van der Waals surface area contributed by atoms with E-state index in [1.807, 2.05) is 17.9 Å². The van der Waals surface area contributed by atoms with Gasteiger partial charge < -0.3 is 14.3 Å². The number of pyridine rings is 3. The fourth-order valence-electron chi connectivity index (χ4n) is 5.22. The van der Waals surface area contributed by atoms with Crippen LogP contribution in [-0.4, -0.2) is 45.1 Å². The Hall–Kier alpha value is -5.11. The molecule has 0 aliphatic carbocycles. The second-order valence-corrected chi connectivity index (χ2v) is 9.42. The van der Waals surface area contributed by atoms with Crippen LogP contribution in [-0.2, 0) is 7.05 Å². The molecule has 3 aromatic heterocycles. The number of nitrogens with zero attached hydrogens (tertiary/aromatic N) is 8. The van der Waals surface area contributed by atoms with E-state index in [9.17, 15) is 19.7 Å². The van der Waals surface area contributed by atoms with E-state index in [1.165, 1.54) is 22.9 Å². The Kier molecular flexibility index (Phi) is 6.77. The second-order valence-electron chi connectivity index (χ2n) is 9.42. The molecule has 192 valence electrons. The normalized spacial score (nSPS) is 16.3. The first-order valence-electron chi connectivity index (χ1n) is 12.3. The minimum absolute atomic E-state index is 0.0101. The van der Waals surface area contributed by atoms with Crippen molar-refractivity contribution in [2.24, 2.45) is 7.05 Å². The maximum absolute atomic E-state index is 13.8. The number of hydrogen-bond acceptors (Lipinski definition) is 7. The van der Waals surface area contributed by atoms with Crippen LogP contribution in [0.25, 0.3) is 15.9 Å². The minimum Gasteiger partial charge on any atom is -0.364 e. The summed E-state index contributed by atoms with van der Waals surface area (Å²) >= 11 is 0. The summed E-state index contributed by atoms with van der Waals surface area (Å²) in [7, 11) is 1.59. The molecule has 1 aromatic carbocycles. The van der Waals surface area contributed by atoms with Gasteiger partial charge >= 0.3 is 0 Å². The number of fused-ring (bicyclic) bond motifs is 1. The van der Waals surface area contributed by atoms with E-state index >= 15 is 0 Å². The number of benzene rings is 1. The molecule has 0 amide bonds. The number of nitriles is 2. The predicted molar refractivity (Wildman–Crippen MR) is 144 cm³/mol. The van der Waals surface area contributed by atoms with Crippen LogP contribution in [0.4, 0.5) is 15.9 Å². The van der Waals surface area contributed by atoms with E-state index in [4.69, 9.17) is 6.57 Å². The molecule has 1 aliphatic rings. The molecule has 0 radical (unpaired) electrons. The van der Waals surface area contributed by atoms with E-state index in [0.717, 1.165) is 11.3 Å². The maximum atomic E-state index is 13.8. The number of aromatic nitrogens is 3. The van der Waals surface area contributed by atoms with Crippen LogP contribution in [0.1, 0.15) is 35.3 Å². The standard InChI is InChI=1S/C29H23FN8O/c1-18-17-37(28-22(15-32)29(39)36(3)24-10-11-25(33-2)35-26(24)28)12-13-38(18)27(20-5-7-21(30)8-6-20)23-9-4-19(14-31)16-34-23/h4-11,16,18,27H,12-13,17H2,1,3H3/t18-,27?/m1/s1. The molecule has 1 unspecified atom stereocenters. The molecule has 1 fully saturated rings. The Morgan fingerprint density at radius 2 is 1.87 bits per heavy atom. The average Bonchev–Trinajstić information content (AvgIpc) is 2.96. The largest absolute Gasteiger partial charge is 0.364 e. The van der Waals surface area contributed by atoms with Gasteiger partial charge in [-0.05, 0) is 48.9 Å². The molecular formula is C29H23FN8O. The zero-order chi connectivity index (χ0) is 27.7. The third-order valence-corrected chi connectivity index (χ3v) is 7.13. The van der Waals surface area contributed by atoms with Crippen molar-refractivity contribution < 1.29 is 4.39 Å². The molecule has 0 bridgehead atoms. The molecule has 0 spiro atoms. The molecule has 0 N–H and O–H groups in total. The van der Waals surface area contributed by atoms with Crippen molar-refractivity contribution in [2.45, 2.75) is 19.0 Å². The van der Waals surface area contributed by atoms with Crippen molar-refractivity contribution in [3.63, 3.8) is 0 Å². The lowest BCUT2D eigenvalue weighted by atomic mass is 9.97. The van der Waals surface area contributed by atoms with E-state index in [0.29, 0.717) is 41.9 Å². The quantitative estimate of drug-likeness (QED) is 0.375. The van der Waals surface area contributed by atoms with Crippen LogP contribution < -0.4 is 10.5 Å². The van der Waals surface area contributed by atoms with E-state index in [-0.39, 0.29) is 29.3 Å². The molecular weight excluding hydrogens is 495 g/mol. The molecule has 9 nitrogen and oxygen atoms in total. The number of halogens is 1. The van der Waals surface area contributed by atoms with Gasteiger partial charge in [-0.15, -0.1) is 4.98 Å². The molecule has 0 saturated carbocycles. The highest BCUT2D eigenvalue weighted by atomic mass is 19.1. The fraction of sp³-hybridized carbons (Fsp3) is 0.241. The molecule has 4 aromatic rings. The predicted octanol–water partition coefficient (Wildman–Crippen LogP) is 4.06. The molecule has 2 atom stereocenters. The van der Waals surface area contributed by atoms with Crippen LogP contribution in [0.15, 0.2) is 59.5 Å². The van der Waals surface area contributed by atoms with Crippen molar-refractivity contribution in [2.75, 3.05) is 24.5 Å². The summed E-state index contributed by atoms with van der Waals surface area (Å²) in [6, 6.07) is 16.8. The maximum Gasteiger partial charge on any atom is 0.271 e. The highest BCUT2D eigenvalue weighted by Gasteiger charge is 2.35. The Balaban J connectivity index is 1.56. The Bertz CT molecular complexity index is 1740. The first kappa shape index (κ1) is 25.5. The lowest BCUT2D eigenvalue weighted by molar-refractivity contribution is 0.147. The highest BCUT2D eigenvalue weighted by molar-refractivity contribution is 5.92. The van der Waals surface area contributed by atoms with Crippen LogP contribution in [0.2, 0.25) is 0 Å². The van der Waals surface area contributed by atoms with Crippen LogP contribution in [0, 0.1) is 35.1 Å². The monoisotopic (exact) mass is 518 g/mol. The zero-order valence-electron chi connectivity index (χ0n) is 21.3. The molecule has 1 aliphatic heterocycles. The van der Waals surface area contributed by atoms with Crippen LogP contribution >= 0.6 is 0 Å². The number of aryl methyl sites for hydroxylation is 1. The first-order chi connectivity index (χ1) is 18.9. The number of hydrogen-bond donors (Lipinski definition) is 0. The Morgan fingerprint density at radius 1 is 1.10 bits per heavy atom. The van der Waals surface area contributed by atoms with Gasteiger partial charge in [0.25, 0.3) is 11.4 Å². The summed E-state index contributed by atoms with van der Waals surface area (Å²) in [4.78, 5) is 29.8. The van der Waals surface area contributed by atoms with Crippen molar-refractivity contribution in [3.8, 4) is 12.1 Å². The van der Waals surface area contributed by atoms with E-state index < -0.39 is 5.56 Å². The highest BCUT2D eigenvalue weighted by Crippen LogP contribution is 2.35. The van der Waals surface area contributed by atoms with Crippen molar-refractivity contribution >= 4 is 22.5 Å². The molecule has 5 rings (SSSR count). The smallest absolute Gasteiger partial charge is 0.271 e. The van der Waals surface area contributed by atoms with Crippen molar-refractivity contribution in [1.29, 1.82) is 10.5 Å². The molecule has 10 heteroatoms. The van der Waals surface area contributed by atoms with Crippen LogP contribution in [0.3, 0.4) is 0 Å². The van der Waals surface area contributed by atoms with Gasteiger partial charge in [-0.25, -0.2) is 4.39 Å². The fourth-order valence-corrected chi connectivity index (χ4v) is 5.22. The molecule has 39 heavy (non-hydrogen) atoms. The van der Waals surface area contributed by atoms with E-state index in [2.05, 4.69) is 31.9 Å². The zero-order valence-corrected chi connectivity index (χ0v) is 21.3. The first-order valence-corrected chi connectivity index (χ1v) is 12.3. The average molecular weight is 519 g/mol. The minimum atomic E-state index is -0.418. The van der Waals surface area contributed by atoms with Gasteiger partial charge in [-0.1, -0.05) is 18.7 Å². The number of piperazine rings is 1. The Labute approximate surface area is 224 Å². The number of rotatable bonds is 4. The van der Waals surface area contributed by atoms with Crippen LogP contribution in [0.5, 0.6) is 0 Å². The lowest BCUT2D eigenvalue weighted by Gasteiger charge is -2.44.